The summed E-state index contributed by atoms with van der Waals surface area (Å²) < 4.78 is 0. The minimum Gasteiger partial charge on any atom is -0.307 e. The van der Waals surface area contributed by atoms with E-state index in [1.807, 2.05) is 0 Å². The summed E-state index contributed by atoms with van der Waals surface area (Å²) in [6.45, 7) is 2.88. The summed E-state index contributed by atoms with van der Waals surface area (Å²) >= 11 is 11.0. The first-order chi connectivity index (χ1) is 4.66. The smallest absolute Gasteiger partial charge is 0.0432 e. The van der Waals surface area contributed by atoms with Crippen LogP contribution in [0.2, 0.25) is 0 Å². The normalized spacial score (nSPS) is 22.9. The monoisotopic (exact) mass is 179 g/mol. The van der Waals surface area contributed by atoms with Gasteiger partial charge in [0.05, 0.1) is 0 Å². The van der Waals surface area contributed by atoms with Gasteiger partial charge in [-0.25, -0.2) is 0 Å². The summed E-state index contributed by atoms with van der Waals surface area (Å²) in [4.78, 5) is 0. The average molecular weight is 180 g/mol. The molecule has 0 aromatic carbocycles. The Hall–Kier alpha value is 0.280. The van der Waals surface area contributed by atoms with Crippen molar-refractivity contribution >= 4 is 23.2 Å². The Morgan fingerprint density at radius 2 is 2.30 bits per heavy atom. The zero-order valence-corrected chi connectivity index (χ0v) is 7.47. The predicted octanol–water partition coefficient (Wildman–Crippen LogP) is 2.45. The molecule has 1 saturated carbocycles. The molecule has 1 N–H and O–H groups in total. The molecule has 0 aliphatic heterocycles. The van der Waals surface area contributed by atoms with E-state index in [9.17, 15) is 0 Å². The molecule has 58 valence electrons. The highest BCUT2D eigenvalue weighted by Gasteiger charge is 2.36. The molecule has 1 nitrogen and oxygen atoms in total. The molecule has 1 aliphatic carbocycles. The Kier molecular flexibility index (Phi) is 2.61. The molecule has 1 rings (SSSR count). The Labute approximate surface area is 71.4 Å². The van der Waals surface area contributed by atoms with Gasteiger partial charge < -0.3 is 5.32 Å². The van der Waals surface area contributed by atoms with Gasteiger partial charge in [0.1, 0.15) is 0 Å². The van der Waals surface area contributed by atoms with Crippen molar-refractivity contribution in [3.8, 4) is 0 Å². The Morgan fingerprint density at radius 3 is 2.70 bits per heavy atom. The van der Waals surface area contributed by atoms with Gasteiger partial charge in [-0.05, 0) is 19.8 Å². The van der Waals surface area contributed by atoms with Gasteiger partial charge in [-0.1, -0.05) is 23.2 Å². The molecule has 0 atom stereocenters. The van der Waals surface area contributed by atoms with Gasteiger partial charge in [0.25, 0.3) is 0 Å². The van der Waals surface area contributed by atoms with Gasteiger partial charge in [-0.2, -0.15) is 0 Å². The molecule has 0 bridgehead atoms. The maximum Gasteiger partial charge on any atom is 0.0432 e. The predicted molar refractivity (Wildman–Crippen MR) is 45.4 cm³/mol. The standard InChI is InChI=1S/C7H11Cl2N/c1-7(2-3-7)10-5-6(9)4-8/h4,10H,2-3,5H2,1H3/b6-4-. The van der Waals surface area contributed by atoms with Crippen LogP contribution in [0.1, 0.15) is 19.8 Å². The fourth-order valence-electron chi connectivity index (χ4n) is 0.701. The van der Waals surface area contributed by atoms with Crippen molar-refractivity contribution in [3.63, 3.8) is 0 Å². The highest BCUT2D eigenvalue weighted by Crippen LogP contribution is 2.34. The minimum absolute atomic E-state index is 0.347. The topological polar surface area (TPSA) is 12.0 Å². The van der Waals surface area contributed by atoms with Crippen LogP contribution in [-0.2, 0) is 0 Å². The van der Waals surface area contributed by atoms with Crippen molar-refractivity contribution in [1.29, 1.82) is 0 Å². The first-order valence-electron chi connectivity index (χ1n) is 3.36. The molecule has 1 fully saturated rings. The summed E-state index contributed by atoms with van der Waals surface area (Å²) in [5.74, 6) is 0. The van der Waals surface area contributed by atoms with Crippen LogP contribution in [0.5, 0.6) is 0 Å². The van der Waals surface area contributed by atoms with E-state index < -0.39 is 0 Å². The molecule has 0 aromatic rings. The number of hydrogen-bond donors (Lipinski definition) is 1. The SMILES string of the molecule is CC1(NC/C(Cl)=C/Cl)CC1. The molecule has 0 radical (unpaired) electrons. The van der Waals surface area contributed by atoms with E-state index in [1.54, 1.807) is 0 Å². The van der Waals surface area contributed by atoms with Crippen molar-refractivity contribution in [1.82, 2.24) is 5.32 Å². The lowest BCUT2D eigenvalue weighted by Crippen LogP contribution is -2.28. The molecule has 10 heavy (non-hydrogen) atoms. The van der Waals surface area contributed by atoms with Crippen LogP contribution in [0, 0.1) is 0 Å². The van der Waals surface area contributed by atoms with Crippen molar-refractivity contribution < 1.29 is 0 Å². The second kappa shape index (κ2) is 3.12. The van der Waals surface area contributed by atoms with Crippen molar-refractivity contribution in [2.45, 2.75) is 25.3 Å². The highest BCUT2D eigenvalue weighted by atomic mass is 35.5. The fourth-order valence-corrected chi connectivity index (χ4v) is 0.845. The van der Waals surface area contributed by atoms with E-state index >= 15 is 0 Å². The molecule has 0 aromatic heterocycles. The van der Waals surface area contributed by atoms with Crippen LogP contribution in [-0.4, -0.2) is 12.1 Å². The number of nitrogens with one attached hydrogen (secondary N) is 1. The van der Waals surface area contributed by atoms with Crippen LogP contribution in [0.4, 0.5) is 0 Å². The quantitative estimate of drug-likeness (QED) is 0.703. The van der Waals surface area contributed by atoms with Crippen LogP contribution >= 0.6 is 23.2 Å². The largest absolute Gasteiger partial charge is 0.307 e. The summed E-state index contributed by atoms with van der Waals surface area (Å²) in [5.41, 5.74) is 1.75. The van der Waals surface area contributed by atoms with Crippen LogP contribution < -0.4 is 5.32 Å². The van der Waals surface area contributed by atoms with E-state index in [1.165, 1.54) is 18.4 Å². The van der Waals surface area contributed by atoms with Gasteiger partial charge in [-0.3, -0.25) is 0 Å². The maximum absolute atomic E-state index is 5.67. The number of halogens is 2. The maximum atomic E-state index is 5.67. The zero-order valence-electron chi connectivity index (χ0n) is 5.95. The average Bonchev–Trinajstić information content (AvgIpc) is 2.64. The van der Waals surface area contributed by atoms with E-state index in [4.69, 9.17) is 23.2 Å². The van der Waals surface area contributed by atoms with Gasteiger partial charge in [0.15, 0.2) is 0 Å². The molecule has 0 unspecified atom stereocenters. The third-order valence-corrected chi connectivity index (χ3v) is 2.42. The molecule has 1 aliphatic rings. The molecule has 3 heteroatoms. The first-order valence-corrected chi connectivity index (χ1v) is 4.17. The van der Waals surface area contributed by atoms with Crippen molar-refractivity contribution in [2.24, 2.45) is 0 Å². The summed E-state index contributed by atoms with van der Waals surface area (Å²) in [6, 6.07) is 0. The fraction of sp³-hybridized carbons (Fsp3) is 0.714. The van der Waals surface area contributed by atoms with E-state index in [-0.39, 0.29) is 0 Å². The van der Waals surface area contributed by atoms with Crippen molar-refractivity contribution in [3.05, 3.63) is 10.6 Å². The van der Waals surface area contributed by atoms with Crippen LogP contribution in [0.3, 0.4) is 0 Å². The lowest BCUT2D eigenvalue weighted by Gasteiger charge is -2.09. The summed E-state index contributed by atoms with van der Waals surface area (Å²) in [5, 5.41) is 3.97. The number of rotatable bonds is 3. The van der Waals surface area contributed by atoms with Crippen molar-refractivity contribution in [2.75, 3.05) is 6.54 Å². The Bertz CT molecular complexity index is 150. The van der Waals surface area contributed by atoms with E-state index in [0.29, 0.717) is 17.1 Å². The number of hydrogen-bond acceptors (Lipinski definition) is 1. The molecule has 0 amide bonds. The van der Waals surface area contributed by atoms with Gasteiger partial charge in [0.2, 0.25) is 0 Å². The van der Waals surface area contributed by atoms with Gasteiger partial charge >= 0.3 is 0 Å². The summed E-state index contributed by atoms with van der Waals surface area (Å²) in [6.07, 6.45) is 2.50. The lowest BCUT2D eigenvalue weighted by atomic mass is 10.3. The zero-order chi connectivity index (χ0) is 7.61. The third-order valence-electron chi connectivity index (χ3n) is 1.80. The minimum atomic E-state index is 0.347. The van der Waals surface area contributed by atoms with Gasteiger partial charge in [-0.15, -0.1) is 0 Å². The molecular weight excluding hydrogens is 169 g/mol. The van der Waals surface area contributed by atoms with Crippen LogP contribution in [0.25, 0.3) is 0 Å². The lowest BCUT2D eigenvalue weighted by molar-refractivity contribution is 0.573. The second-order valence-electron chi connectivity index (χ2n) is 2.97. The second-order valence-corrected chi connectivity index (χ2v) is 3.67. The third kappa shape index (κ3) is 2.49. The molecule has 0 spiro atoms. The van der Waals surface area contributed by atoms with Gasteiger partial charge in [0, 0.05) is 22.7 Å². The van der Waals surface area contributed by atoms with E-state index in [0.717, 1.165) is 0 Å². The van der Waals surface area contributed by atoms with Crippen LogP contribution in [0.15, 0.2) is 10.6 Å². The Balaban J connectivity index is 2.16. The molecule has 0 heterocycles. The highest BCUT2D eigenvalue weighted by molar-refractivity contribution is 6.36. The Morgan fingerprint density at radius 1 is 1.70 bits per heavy atom. The molecular formula is C7H11Cl2N. The van der Waals surface area contributed by atoms with E-state index in [2.05, 4.69) is 12.2 Å². The first kappa shape index (κ1) is 8.38. The molecule has 0 saturated heterocycles. The summed E-state index contributed by atoms with van der Waals surface area (Å²) in [7, 11) is 0.